The fourth-order valence-corrected chi connectivity index (χ4v) is 2.53. The third-order valence-corrected chi connectivity index (χ3v) is 3.66. The first kappa shape index (κ1) is 14.6. The standard InChI is InChI=1S/C15H17ClN6/c1-17-13-14(16)19-9-20-15(13)18-8-4-7-12-21-10-5-2-3-6-11(10)22-12/h2-3,5-6,9,17H,4,7-8H2,1H3,(H,21,22)(H,18,19,20). The van der Waals surface area contributed by atoms with E-state index in [2.05, 4.69) is 30.6 Å². The first-order valence-corrected chi connectivity index (χ1v) is 7.51. The molecule has 0 aliphatic rings. The van der Waals surface area contributed by atoms with Crippen molar-refractivity contribution in [1.82, 2.24) is 19.9 Å². The average Bonchev–Trinajstić information content (AvgIpc) is 2.94. The Morgan fingerprint density at radius 2 is 2.09 bits per heavy atom. The Morgan fingerprint density at radius 1 is 1.23 bits per heavy atom. The van der Waals surface area contributed by atoms with Gasteiger partial charge in [0.15, 0.2) is 11.0 Å². The summed E-state index contributed by atoms with van der Waals surface area (Å²) in [6.45, 7) is 0.777. The monoisotopic (exact) mass is 316 g/mol. The highest BCUT2D eigenvalue weighted by molar-refractivity contribution is 6.32. The van der Waals surface area contributed by atoms with Crippen LogP contribution in [0.5, 0.6) is 0 Å². The fourth-order valence-electron chi connectivity index (χ4n) is 2.31. The summed E-state index contributed by atoms with van der Waals surface area (Å²) in [6, 6.07) is 8.04. The minimum absolute atomic E-state index is 0.414. The zero-order valence-electron chi connectivity index (χ0n) is 12.2. The zero-order chi connectivity index (χ0) is 15.4. The van der Waals surface area contributed by atoms with Crippen LogP contribution in [-0.4, -0.2) is 33.5 Å². The number of H-pyrrole nitrogens is 1. The number of para-hydroxylation sites is 2. The quantitative estimate of drug-likeness (QED) is 0.481. The number of aromatic nitrogens is 4. The van der Waals surface area contributed by atoms with Gasteiger partial charge in [-0.15, -0.1) is 0 Å². The maximum absolute atomic E-state index is 6.01. The van der Waals surface area contributed by atoms with Crippen molar-refractivity contribution in [3.05, 3.63) is 41.6 Å². The highest BCUT2D eigenvalue weighted by atomic mass is 35.5. The summed E-state index contributed by atoms with van der Waals surface area (Å²) in [5.74, 6) is 1.71. The Morgan fingerprint density at radius 3 is 2.91 bits per heavy atom. The number of nitrogens with one attached hydrogen (secondary N) is 3. The van der Waals surface area contributed by atoms with Gasteiger partial charge in [-0.2, -0.15) is 0 Å². The van der Waals surface area contributed by atoms with Gasteiger partial charge in [0.2, 0.25) is 0 Å². The van der Waals surface area contributed by atoms with Gasteiger partial charge < -0.3 is 15.6 Å². The third-order valence-electron chi connectivity index (χ3n) is 3.37. The average molecular weight is 317 g/mol. The fraction of sp³-hybridized carbons (Fsp3) is 0.267. The summed E-state index contributed by atoms with van der Waals surface area (Å²) in [7, 11) is 1.80. The molecule has 114 valence electrons. The van der Waals surface area contributed by atoms with Crippen molar-refractivity contribution in [1.29, 1.82) is 0 Å². The summed E-state index contributed by atoms with van der Waals surface area (Å²) >= 11 is 6.01. The number of benzene rings is 1. The molecule has 22 heavy (non-hydrogen) atoms. The highest BCUT2D eigenvalue weighted by Gasteiger charge is 2.07. The minimum Gasteiger partial charge on any atom is -0.383 e. The molecule has 2 heterocycles. The summed E-state index contributed by atoms with van der Waals surface area (Å²) in [5, 5.41) is 6.69. The summed E-state index contributed by atoms with van der Waals surface area (Å²) in [4.78, 5) is 16.0. The predicted octanol–water partition coefficient (Wildman–Crippen LogP) is 3.09. The number of nitrogens with zero attached hydrogens (tertiary/aromatic N) is 3. The number of fused-ring (bicyclic) bond motifs is 1. The van der Waals surface area contributed by atoms with Gasteiger partial charge in [-0.25, -0.2) is 15.0 Å². The molecule has 0 atom stereocenters. The lowest BCUT2D eigenvalue weighted by Gasteiger charge is -2.10. The summed E-state index contributed by atoms with van der Waals surface area (Å²) < 4.78 is 0. The maximum atomic E-state index is 6.01. The number of halogens is 1. The zero-order valence-corrected chi connectivity index (χ0v) is 13.0. The lowest BCUT2D eigenvalue weighted by molar-refractivity contribution is 0.817. The van der Waals surface area contributed by atoms with E-state index in [1.54, 1.807) is 7.05 Å². The van der Waals surface area contributed by atoms with Crippen LogP contribution in [0.4, 0.5) is 11.5 Å². The van der Waals surface area contributed by atoms with E-state index in [0.717, 1.165) is 36.2 Å². The van der Waals surface area contributed by atoms with Crippen LogP contribution in [0.15, 0.2) is 30.6 Å². The molecule has 0 aliphatic carbocycles. The van der Waals surface area contributed by atoms with Crippen LogP contribution in [0, 0.1) is 0 Å². The number of hydrogen-bond donors (Lipinski definition) is 3. The lowest BCUT2D eigenvalue weighted by Crippen LogP contribution is -2.08. The highest BCUT2D eigenvalue weighted by Crippen LogP contribution is 2.25. The van der Waals surface area contributed by atoms with Gasteiger partial charge in [-0.05, 0) is 18.6 Å². The Hall–Kier alpha value is -2.34. The van der Waals surface area contributed by atoms with Gasteiger partial charge in [0.05, 0.1) is 11.0 Å². The molecule has 1 aromatic carbocycles. The Bertz CT molecular complexity index is 737. The first-order valence-electron chi connectivity index (χ1n) is 7.13. The molecule has 0 unspecified atom stereocenters. The molecule has 0 saturated carbocycles. The van der Waals surface area contributed by atoms with E-state index in [-0.39, 0.29) is 0 Å². The maximum Gasteiger partial charge on any atom is 0.157 e. The van der Waals surface area contributed by atoms with Crippen molar-refractivity contribution in [2.45, 2.75) is 12.8 Å². The van der Waals surface area contributed by atoms with E-state index in [0.29, 0.717) is 16.7 Å². The molecule has 3 N–H and O–H groups in total. The van der Waals surface area contributed by atoms with Crippen molar-refractivity contribution in [3.63, 3.8) is 0 Å². The second-order valence-corrected chi connectivity index (χ2v) is 5.23. The van der Waals surface area contributed by atoms with E-state index in [1.165, 1.54) is 6.33 Å². The van der Waals surface area contributed by atoms with E-state index in [9.17, 15) is 0 Å². The first-order chi connectivity index (χ1) is 10.8. The van der Waals surface area contributed by atoms with Crippen LogP contribution in [0.25, 0.3) is 11.0 Å². The van der Waals surface area contributed by atoms with Gasteiger partial charge in [-0.1, -0.05) is 23.7 Å². The number of rotatable bonds is 6. The molecule has 7 heteroatoms. The van der Waals surface area contributed by atoms with E-state index in [4.69, 9.17) is 11.6 Å². The van der Waals surface area contributed by atoms with Crippen LogP contribution < -0.4 is 10.6 Å². The summed E-state index contributed by atoms with van der Waals surface area (Å²) in [5.41, 5.74) is 2.80. The Kier molecular flexibility index (Phi) is 4.39. The number of hydrogen-bond acceptors (Lipinski definition) is 5. The van der Waals surface area contributed by atoms with Crippen molar-refractivity contribution in [3.8, 4) is 0 Å². The number of aromatic amines is 1. The topological polar surface area (TPSA) is 78.5 Å². The SMILES string of the molecule is CNc1c(Cl)ncnc1NCCCc1nc2ccccc2[nH]1. The molecule has 3 aromatic rings. The predicted molar refractivity (Wildman–Crippen MR) is 89.5 cm³/mol. The van der Waals surface area contributed by atoms with Crippen molar-refractivity contribution in [2.24, 2.45) is 0 Å². The van der Waals surface area contributed by atoms with Crippen molar-refractivity contribution >= 4 is 34.1 Å². The molecule has 3 rings (SSSR count). The van der Waals surface area contributed by atoms with Crippen LogP contribution in [-0.2, 0) is 6.42 Å². The van der Waals surface area contributed by atoms with E-state index < -0.39 is 0 Å². The van der Waals surface area contributed by atoms with Gasteiger partial charge >= 0.3 is 0 Å². The number of imidazole rings is 1. The summed E-state index contributed by atoms with van der Waals surface area (Å²) in [6.07, 6.45) is 3.25. The second kappa shape index (κ2) is 6.62. The van der Waals surface area contributed by atoms with Crippen molar-refractivity contribution < 1.29 is 0 Å². The Labute approximate surface area is 133 Å². The van der Waals surface area contributed by atoms with Crippen LogP contribution >= 0.6 is 11.6 Å². The van der Waals surface area contributed by atoms with Gasteiger partial charge in [-0.3, -0.25) is 0 Å². The van der Waals surface area contributed by atoms with Crippen LogP contribution in [0.2, 0.25) is 5.15 Å². The lowest BCUT2D eigenvalue weighted by atomic mass is 10.3. The molecule has 0 aliphatic heterocycles. The molecular weight excluding hydrogens is 300 g/mol. The molecule has 0 fully saturated rings. The third kappa shape index (κ3) is 3.12. The van der Waals surface area contributed by atoms with Gasteiger partial charge in [0.25, 0.3) is 0 Å². The van der Waals surface area contributed by atoms with Gasteiger partial charge in [0.1, 0.15) is 17.8 Å². The second-order valence-electron chi connectivity index (χ2n) is 4.87. The number of anilines is 2. The van der Waals surface area contributed by atoms with Gasteiger partial charge in [0, 0.05) is 20.0 Å². The van der Waals surface area contributed by atoms with Crippen LogP contribution in [0.1, 0.15) is 12.2 Å². The molecule has 0 amide bonds. The minimum atomic E-state index is 0.414. The molecule has 0 saturated heterocycles. The van der Waals surface area contributed by atoms with Crippen LogP contribution in [0.3, 0.4) is 0 Å². The Balaban J connectivity index is 1.56. The molecule has 0 radical (unpaired) electrons. The molecule has 2 aromatic heterocycles. The normalized spacial score (nSPS) is 10.8. The molecular formula is C15H17ClN6. The van der Waals surface area contributed by atoms with E-state index >= 15 is 0 Å². The molecule has 0 spiro atoms. The molecule has 6 nitrogen and oxygen atoms in total. The number of aryl methyl sites for hydroxylation is 1. The van der Waals surface area contributed by atoms with E-state index in [1.807, 2.05) is 24.3 Å². The van der Waals surface area contributed by atoms with Crippen molar-refractivity contribution in [2.75, 3.05) is 24.2 Å². The smallest absolute Gasteiger partial charge is 0.157 e. The molecule has 0 bridgehead atoms. The largest absolute Gasteiger partial charge is 0.383 e.